The van der Waals surface area contributed by atoms with Crippen LogP contribution < -0.4 is 0 Å². The molecular formula is C16H25BrOSi. The van der Waals surface area contributed by atoms with Crippen molar-refractivity contribution in [2.75, 3.05) is 5.33 Å². The van der Waals surface area contributed by atoms with Gasteiger partial charge in [0, 0.05) is 5.33 Å². The van der Waals surface area contributed by atoms with Crippen LogP contribution in [0.4, 0.5) is 0 Å². The average Bonchev–Trinajstić information content (AvgIpc) is 2.35. The number of alkyl halides is 1. The van der Waals surface area contributed by atoms with Crippen LogP contribution in [-0.2, 0) is 4.43 Å². The lowest BCUT2D eigenvalue weighted by molar-refractivity contribution is 0.219. The van der Waals surface area contributed by atoms with Crippen LogP contribution in [0.1, 0.15) is 32.4 Å². The summed E-state index contributed by atoms with van der Waals surface area (Å²) >= 11 is 3.51. The van der Waals surface area contributed by atoms with E-state index in [0.29, 0.717) is 0 Å². The van der Waals surface area contributed by atoms with Gasteiger partial charge in [-0.25, -0.2) is 0 Å². The standard InChI is InChI=1S/C16H25BrOSi/c1-13(12-17)15(14-10-8-7-9-11-14)18-19(5,6)16(2,3)4/h7-11,15H,1,12H2,2-6H3/t15-/m0/s1. The third kappa shape index (κ3) is 4.30. The molecule has 3 heteroatoms. The SMILES string of the molecule is C=C(CBr)[C@H](O[Si](C)(C)C(C)(C)C)c1ccccc1. The van der Waals surface area contributed by atoms with E-state index in [-0.39, 0.29) is 11.1 Å². The molecule has 1 aromatic carbocycles. The smallest absolute Gasteiger partial charge is 0.193 e. The van der Waals surface area contributed by atoms with E-state index in [9.17, 15) is 0 Å². The highest BCUT2D eigenvalue weighted by atomic mass is 79.9. The van der Waals surface area contributed by atoms with Crippen LogP contribution in [0.25, 0.3) is 0 Å². The minimum Gasteiger partial charge on any atom is -0.406 e. The van der Waals surface area contributed by atoms with Crippen molar-refractivity contribution >= 4 is 24.2 Å². The quantitative estimate of drug-likeness (QED) is 0.379. The summed E-state index contributed by atoms with van der Waals surface area (Å²) in [7, 11) is -1.81. The molecule has 0 aromatic heterocycles. The number of hydrogen-bond donors (Lipinski definition) is 0. The van der Waals surface area contributed by atoms with Gasteiger partial charge in [-0.2, -0.15) is 0 Å². The average molecular weight is 341 g/mol. The summed E-state index contributed by atoms with van der Waals surface area (Å²) in [6.07, 6.45) is -0.0125. The van der Waals surface area contributed by atoms with E-state index < -0.39 is 8.32 Å². The molecular weight excluding hydrogens is 316 g/mol. The van der Waals surface area contributed by atoms with E-state index in [2.05, 4.69) is 80.6 Å². The molecule has 0 aliphatic rings. The van der Waals surface area contributed by atoms with Crippen LogP contribution in [0, 0.1) is 0 Å². The Kier molecular flexibility index (Phi) is 5.60. The Balaban J connectivity index is 3.05. The van der Waals surface area contributed by atoms with Crippen molar-refractivity contribution in [2.45, 2.75) is 45.0 Å². The first kappa shape index (κ1) is 16.7. The van der Waals surface area contributed by atoms with Gasteiger partial charge < -0.3 is 4.43 Å². The van der Waals surface area contributed by atoms with Gasteiger partial charge in [-0.3, -0.25) is 0 Å². The number of rotatable bonds is 5. The van der Waals surface area contributed by atoms with Crippen molar-refractivity contribution in [1.29, 1.82) is 0 Å². The van der Waals surface area contributed by atoms with Crippen LogP contribution in [0.15, 0.2) is 42.5 Å². The molecule has 106 valence electrons. The van der Waals surface area contributed by atoms with Crippen LogP contribution in [0.3, 0.4) is 0 Å². The van der Waals surface area contributed by atoms with E-state index in [4.69, 9.17) is 4.43 Å². The lowest BCUT2D eigenvalue weighted by Gasteiger charge is -2.39. The second-order valence-electron chi connectivity index (χ2n) is 6.46. The van der Waals surface area contributed by atoms with E-state index in [1.165, 1.54) is 5.56 Å². The Labute approximate surface area is 127 Å². The monoisotopic (exact) mass is 340 g/mol. The van der Waals surface area contributed by atoms with Gasteiger partial charge in [-0.1, -0.05) is 73.6 Å². The number of hydrogen-bond acceptors (Lipinski definition) is 1. The third-order valence-corrected chi connectivity index (χ3v) is 9.02. The van der Waals surface area contributed by atoms with Crippen LogP contribution in [0.2, 0.25) is 18.1 Å². The number of halogens is 1. The van der Waals surface area contributed by atoms with E-state index in [0.717, 1.165) is 10.9 Å². The molecule has 0 radical (unpaired) electrons. The van der Waals surface area contributed by atoms with E-state index >= 15 is 0 Å². The van der Waals surface area contributed by atoms with Crippen molar-refractivity contribution < 1.29 is 4.43 Å². The maximum Gasteiger partial charge on any atom is 0.193 e. The summed E-state index contributed by atoms with van der Waals surface area (Å²) in [5.41, 5.74) is 2.27. The summed E-state index contributed by atoms with van der Waals surface area (Å²) < 4.78 is 6.55. The summed E-state index contributed by atoms with van der Waals surface area (Å²) in [6, 6.07) is 10.4. The molecule has 1 nitrogen and oxygen atoms in total. The van der Waals surface area contributed by atoms with E-state index in [1.807, 2.05) is 6.07 Å². The summed E-state index contributed by atoms with van der Waals surface area (Å²) in [5, 5.41) is 0.966. The summed E-state index contributed by atoms with van der Waals surface area (Å²) in [4.78, 5) is 0. The highest BCUT2D eigenvalue weighted by molar-refractivity contribution is 9.09. The van der Waals surface area contributed by atoms with E-state index in [1.54, 1.807) is 0 Å². The molecule has 0 heterocycles. The minimum absolute atomic E-state index is 0.0125. The molecule has 0 spiro atoms. The predicted molar refractivity (Wildman–Crippen MR) is 90.4 cm³/mol. The van der Waals surface area contributed by atoms with Gasteiger partial charge in [-0.15, -0.1) is 0 Å². The van der Waals surface area contributed by atoms with Gasteiger partial charge >= 0.3 is 0 Å². The van der Waals surface area contributed by atoms with Crippen molar-refractivity contribution in [1.82, 2.24) is 0 Å². The molecule has 0 saturated carbocycles. The van der Waals surface area contributed by atoms with Crippen molar-refractivity contribution in [3.63, 3.8) is 0 Å². The van der Waals surface area contributed by atoms with Crippen LogP contribution in [0.5, 0.6) is 0 Å². The lowest BCUT2D eigenvalue weighted by atomic mass is 10.0. The molecule has 0 fully saturated rings. The first-order valence-electron chi connectivity index (χ1n) is 6.65. The normalized spacial score (nSPS) is 14.2. The molecule has 0 amide bonds. The predicted octanol–water partition coefficient (Wildman–Crippen LogP) is 5.70. The molecule has 1 rings (SSSR count). The summed E-state index contributed by atoms with van der Waals surface area (Å²) in [5.74, 6) is 0. The molecule has 0 aliphatic carbocycles. The lowest BCUT2D eigenvalue weighted by Crippen LogP contribution is -2.42. The highest BCUT2D eigenvalue weighted by Gasteiger charge is 2.39. The van der Waals surface area contributed by atoms with Gasteiger partial charge in [-0.05, 0) is 29.3 Å². The van der Waals surface area contributed by atoms with Crippen molar-refractivity contribution in [3.8, 4) is 0 Å². The molecule has 1 aromatic rings. The molecule has 0 aliphatic heterocycles. The fourth-order valence-electron chi connectivity index (χ4n) is 1.56. The number of benzene rings is 1. The van der Waals surface area contributed by atoms with Gasteiger partial charge in [0.25, 0.3) is 0 Å². The van der Waals surface area contributed by atoms with Crippen LogP contribution in [-0.4, -0.2) is 13.6 Å². The Bertz CT molecular complexity index is 420. The zero-order valence-electron chi connectivity index (χ0n) is 12.7. The Hall–Kier alpha value is -0.383. The second-order valence-corrected chi connectivity index (χ2v) is 11.8. The highest BCUT2D eigenvalue weighted by Crippen LogP contribution is 2.41. The molecule has 0 bridgehead atoms. The van der Waals surface area contributed by atoms with Crippen molar-refractivity contribution in [2.24, 2.45) is 0 Å². The van der Waals surface area contributed by atoms with Crippen molar-refractivity contribution in [3.05, 3.63) is 48.0 Å². The maximum atomic E-state index is 6.55. The zero-order chi connectivity index (χ0) is 14.7. The molecule has 19 heavy (non-hydrogen) atoms. The largest absolute Gasteiger partial charge is 0.406 e. The van der Waals surface area contributed by atoms with Crippen LogP contribution >= 0.6 is 15.9 Å². The van der Waals surface area contributed by atoms with Gasteiger partial charge in [0.1, 0.15) is 0 Å². The molecule has 0 N–H and O–H groups in total. The maximum absolute atomic E-state index is 6.55. The fraction of sp³-hybridized carbons (Fsp3) is 0.500. The minimum atomic E-state index is -1.81. The molecule has 1 atom stereocenters. The van der Waals surface area contributed by atoms with Gasteiger partial charge in [0.05, 0.1) is 6.10 Å². The first-order valence-corrected chi connectivity index (χ1v) is 10.7. The van der Waals surface area contributed by atoms with Gasteiger partial charge in [0.15, 0.2) is 8.32 Å². The third-order valence-electron chi connectivity index (χ3n) is 3.86. The topological polar surface area (TPSA) is 9.23 Å². The Morgan fingerprint density at radius 2 is 1.79 bits per heavy atom. The fourth-order valence-corrected chi connectivity index (χ4v) is 3.10. The first-order chi connectivity index (χ1) is 8.69. The molecule has 0 unspecified atom stereocenters. The molecule has 0 saturated heterocycles. The zero-order valence-corrected chi connectivity index (χ0v) is 15.3. The summed E-state index contributed by atoms with van der Waals surface area (Å²) in [6.45, 7) is 15.5. The second kappa shape index (κ2) is 6.38. The Morgan fingerprint density at radius 1 is 1.26 bits per heavy atom. The Morgan fingerprint density at radius 3 is 2.21 bits per heavy atom. The van der Waals surface area contributed by atoms with Gasteiger partial charge in [0.2, 0.25) is 0 Å².